The molecule has 2 N–H and O–H groups in total. The summed E-state index contributed by atoms with van der Waals surface area (Å²) in [4.78, 5) is 15.7. The molecular weight excluding hydrogens is 372 g/mol. The number of hydrogen-bond donors (Lipinski definition) is 1. The van der Waals surface area contributed by atoms with E-state index in [2.05, 4.69) is 58.2 Å². The van der Waals surface area contributed by atoms with Gasteiger partial charge in [-0.3, -0.25) is 4.99 Å². The van der Waals surface area contributed by atoms with Gasteiger partial charge in [-0.1, -0.05) is 42.5 Å². The highest BCUT2D eigenvalue weighted by Gasteiger charge is 2.13. The minimum Gasteiger partial charge on any atom is -0.368 e. The molecule has 4 rings (SSSR count). The van der Waals surface area contributed by atoms with Gasteiger partial charge in [-0.25, -0.2) is 4.98 Å². The summed E-state index contributed by atoms with van der Waals surface area (Å²) in [6.07, 6.45) is 4.99. The van der Waals surface area contributed by atoms with Crippen LogP contribution in [0.3, 0.4) is 0 Å². The molecule has 0 atom stereocenters. The highest BCUT2D eigenvalue weighted by atomic mass is 15.1. The molecule has 2 heterocycles. The number of rotatable bonds is 7. The summed E-state index contributed by atoms with van der Waals surface area (Å²) in [7, 11) is 4.15. The molecule has 0 saturated heterocycles. The minimum atomic E-state index is 0.264. The standard InChI is InChI=1S/C24H26N6/c1-29(2)15-6-14-26-17-18-9-11-19(12-10-18)22-21-13-16-30(20-7-4-3-5-8-20)23(21)28-24(25)27-22/h3-5,7-13,16-17H,6,14-15H2,1-2H3,(H2,25,27,28)/b26-17-. The van der Waals surface area contributed by atoms with E-state index in [1.54, 1.807) is 0 Å². The van der Waals surface area contributed by atoms with E-state index in [1.807, 2.05) is 53.4 Å². The third-order valence-electron chi connectivity index (χ3n) is 4.91. The second-order valence-electron chi connectivity index (χ2n) is 7.50. The van der Waals surface area contributed by atoms with E-state index in [1.165, 1.54) is 0 Å². The Bertz CT molecular complexity index is 1140. The zero-order valence-electron chi connectivity index (χ0n) is 17.4. The lowest BCUT2D eigenvalue weighted by atomic mass is 10.1. The van der Waals surface area contributed by atoms with Crippen molar-refractivity contribution in [2.24, 2.45) is 4.99 Å². The summed E-state index contributed by atoms with van der Waals surface area (Å²) in [6, 6.07) is 20.4. The van der Waals surface area contributed by atoms with Crippen LogP contribution in [0.2, 0.25) is 0 Å². The van der Waals surface area contributed by atoms with Crippen LogP contribution in [0.25, 0.3) is 28.0 Å². The maximum Gasteiger partial charge on any atom is 0.222 e. The third-order valence-corrected chi connectivity index (χ3v) is 4.91. The SMILES string of the molecule is CN(C)CCC/N=C\c1ccc(-c2nc(N)nc3c2ccn3-c2ccccc2)cc1. The lowest BCUT2D eigenvalue weighted by molar-refractivity contribution is 0.403. The molecule has 6 heteroatoms. The quantitative estimate of drug-likeness (QED) is 0.377. The molecule has 0 aliphatic rings. The molecule has 30 heavy (non-hydrogen) atoms. The van der Waals surface area contributed by atoms with Gasteiger partial charge in [0.1, 0.15) is 0 Å². The fourth-order valence-electron chi connectivity index (χ4n) is 3.42. The summed E-state index contributed by atoms with van der Waals surface area (Å²) in [6.45, 7) is 1.88. The number of hydrogen-bond acceptors (Lipinski definition) is 5. The third kappa shape index (κ3) is 4.39. The first-order valence-corrected chi connectivity index (χ1v) is 10.1. The molecule has 6 nitrogen and oxygen atoms in total. The largest absolute Gasteiger partial charge is 0.368 e. The number of nitrogen functional groups attached to an aromatic ring is 1. The van der Waals surface area contributed by atoms with Crippen LogP contribution in [0.1, 0.15) is 12.0 Å². The van der Waals surface area contributed by atoms with E-state index in [-0.39, 0.29) is 5.95 Å². The maximum absolute atomic E-state index is 6.05. The fraction of sp³-hybridized carbons (Fsp3) is 0.208. The molecule has 0 amide bonds. The van der Waals surface area contributed by atoms with Crippen molar-refractivity contribution in [2.75, 3.05) is 32.9 Å². The number of anilines is 1. The number of nitrogens with two attached hydrogens (primary N) is 1. The summed E-state index contributed by atoms with van der Waals surface area (Å²) >= 11 is 0. The molecule has 0 fully saturated rings. The molecule has 0 radical (unpaired) electrons. The molecule has 2 aromatic carbocycles. The molecule has 2 aromatic heterocycles. The molecule has 0 spiro atoms. The van der Waals surface area contributed by atoms with Gasteiger partial charge in [-0.2, -0.15) is 4.98 Å². The molecule has 0 saturated carbocycles. The average molecular weight is 399 g/mol. The monoisotopic (exact) mass is 398 g/mol. The Morgan fingerprint density at radius 2 is 1.77 bits per heavy atom. The average Bonchev–Trinajstić information content (AvgIpc) is 3.17. The Morgan fingerprint density at radius 3 is 2.50 bits per heavy atom. The van der Waals surface area contributed by atoms with Gasteiger partial charge in [-0.05, 0) is 50.8 Å². The van der Waals surface area contributed by atoms with Crippen molar-refractivity contribution in [1.29, 1.82) is 0 Å². The number of aromatic nitrogens is 3. The molecular formula is C24H26N6. The number of benzene rings is 2. The van der Waals surface area contributed by atoms with Gasteiger partial charge in [0, 0.05) is 35.6 Å². The lowest BCUT2D eigenvalue weighted by Gasteiger charge is -2.08. The first kappa shape index (κ1) is 19.8. The highest BCUT2D eigenvalue weighted by Crippen LogP contribution is 2.29. The molecule has 0 unspecified atom stereocenters. The molecule has 0 aliphatic heterocycles. The van der Waals surface area contributed by atoms with Crippen molar-refractivity contribution in [2.45, 2.75) is 6.42 Å². The summed E-state index contributed by atoms with van der Waals surface area (Å²) in [5, 5.41) is 0.971. The number of para-hydroxylation sites is 1. The van der Waals surface area contributed by atoms with Crippen LogP contribution in [0.5, 0.6) is 0 Å². The topological polar surface area (TPSA) is 72.3 Å². The Kier molecular flexibility index (Phi) is 5.86. The van der Waals surface area contributed by atoms with Crippen LogP contribution < -0.4 is 5.73 Å². The number of fused-ring (bicyclic) bond motifs is 1. The van der Waals surface area contributed by atoms with Crippen LogP contribution >= 0.6 is 0 Å². The lowest BCUT2D eigenvalue weighted by Crippen LogP contribution is -2.13. The zero-order valence-corrected chi connectivity index (χ0v) is 17.4. The van der Waals surface area contributed by atoms with Crippen molar-refractivity contribution in [3.05, 3.63) is 72.4 Å². The van der Waals surface area contributed by atoms with E-state index in [9.17, 15) is 0 Å². The molecule has 152 valence electrons. The van der Waals surface area contributed by atoms with E-state index in [4.69, 9.17) is 5.73 Å². The highest BCUT2D eigenvalue weighted by molar-refractivity contribution is 5.93. The zero-order chi connectivity index (χ0) is 20.9. The Morgan fingerprint density at radius 1 is 1.00 bits per heavy atom. The summed E-state index contributed by atoms with van der Waals surface area (Å²) < 4.78 is 2.03. The van der Waals surface area contributed by atoms with Crippen LogP contribution in [0, 0.1) is 0 Å². The Hall–Kier alpha value is -3.51. The molecule has 0 aliphatic carbocycles. The van der Waals surface area contributed by atoms with E-state index in [0.29, 0.717) is 0 Å². The number of aliphatic imine (C=N–C) groups is 1. The predicted octanol–water partition coefficient (Wildman–Crippen LogP) is 4.04. The minimum absolute atomic E-state index is 0.264. The predicted molar refractivity (Wildman–Crippen MR) is 124 cm³/mol. The van der Waals surface area contributed by atoms with Gasteiger partial charge < -0.3 is 15.2 Å². The van der Waals surface area contributed by atoms with Gasteiger partial charge in [0.2, 0.25) is 5.95 Å². The van der Waals surface area contributed by atoms with Gasteiger partial charge in [0.25, 0.3) is 0 Å². The maximum atomic E-state index is 6.05. The second-order valence-corrected chi connectivity index (χ2v) is 7.50. The van der Waals surface area contributed by atoms with Gasteiger partial charge in [-0.15, -0.1) is 0 Å². The Labute approximate surface area is 176 Å². The van der Waals surface area contributed by atoms with Crippen LogP contribution in [0.15, 0.2) is 71.9 Å². The normalized spacial score (nSPS) is 11.7. The van der Waals surface area contributed by atoms with Crippen LogP contribution in [0.4, 0.5) is 5.95 Å². The van der Waals surface area contributed by atoms with E-state index in [0.717, 1.165) is 53.1 Å². The smallest absolute Gasteiger partial charge is 0.222 e. The first-order chi connectivity index (χ1) is 14.6. The van der Waals surface area contributed by atoms with E-state index < -0.39 is 0 Å². The van der Waals surface area contributed by atoms with Gasteiger partial charge in [0.15, 0.2) is 5.65 Å². The van der Waals surface area contributed by atoms with E-state index >= 15 is 0 Å². The molecule has 4 aromatic rings. The Balaban J connectivity index is 1.60. The van der Waals surface area contributed by atoms with Gasteiger partial charge >= 0.3 is 0 Å². The summed E-state index contributed by atoms with van der Waals surface area (Å²) in [5.74, 6) is 0.264. The fourth-order valence-corrected chi connectivity index (χ4v) is 3.42. The van der Waals surface area contributed by atoms with Crippen LogP contribution in [-0.2, 0) is 0 Å². The molecule has 0 bridgehead atoms. The van der Waals surface area contributed by atoms with Crippen molar-refractivity contribution < 1.29 is 0 Å². The number of nitrogens with zero attached hydrogens (tertiary/aromatic N) is 5. The van der Waals surface area contributed by atoms with Crippen molar-refractivity contribution in [3.8, 4) is 16.9 Å². The van der Waals surface area contributed by atoms with Crippen molar-refractivity contribution >= 4 is 23.2 Å². The summed E-state index contributed by atoms with van der Waals surface area (Å²) in [5.41, 5.74) is 10.8. The van der Waals surface area contributed by atoms with Crippen LogP contribution in [-0.4, -0.2) is 52.8 Å². The van der Waals surface area contributed by atoms with Gasteiger partial charge in [0.05, 0.1) is 5.69 Å². The second kappa shape index (κ2) is 8.88. The first-order valence-electron chi connectivity index (χ1n) is 10.1. The van der Waals surface area contributed by atoms with Crippen molar-refractivity contribution in [1.82, 2.24) is 19.4 Å². The van der Waals surface area contributed by atoms with Crippen molar-refractivity contribution in [3.63, 3.8) is 0 Å².